The highest BCUT2D eigenvalue weighted by atomic mass is 35.5. The second-order valence-electron chi connectivity index (χ2n) is 5.41. The summed E-state index contributed by atoms with van der Waals surface area (Å²) in [5.41, 5.74) is 0.855. The molecule has 25 heavy (non-hydrogen) atoms. The third-order valence-electron chi connectivity index (χ3n) is 3.44. The van der Waals surface area contributed by atoms with Crippen molar-refractivity contribution in [3.8, 4) is 0 Å². The maximum atomic E-state index is 11.9. The molecule has 1 aromatic carbocycles. The van der Waals surface area contributed by atoms with E-state index in [1.807, 2.05) is 13.0 Å². The van der Waals surface area contributed by atoms with Gasteiger partial charge in [0.2, 0.25) is 0 Å². The Bertz CT molecular complexity index is 745. The van der Waals surface area contributed by atoms with Crippen LogP contribution in [0.25, 0.3) is 0 Å². The Hall–Kier alpha value is -2.18. The second-order valence-corrected chi connectivity index (χ2v) is 6.79. The topological polar surface area (TPSA) is 72.5 Å². The number of carbonyl (C=O) groups excluding carboxylic acids is 3. The zero-order chi connectivity index (χ0) is 18.2. The predicted octanol–water partition coefficient (Wildman–Crippen LogP) is 3.79. The van der Waals surface area contributed by atoms with E-state index in [0.29, 0.717) is 9.90 Å². The van der Waals surface area contributed by atoms with Crippen molar-refractivity contribution in [2.75, 3.05) is 6.61 Å². The number of halogens is 1. The summed E-state index contributed by atoms with van der Waals surface area (Å²) in [6.07, 6.45) is 0.0216. The van der Waals surface area contributed by atoms with E-state index >= 15 is 0 Å². The monoisotopic (exact) mass is 379 g/mol. The van der Waals surface area contributed by atoms with E-state index in [-0.39, 0.29) is 31.3 Å². The first-order valence-corrected chi connectivity index (χ1v) is 8.98. The van der Waals surface area contributed by atoms with Crippen molar-refractivity contribution in [1.82, 2.24) is 5.32 Å². The molecule has 1 N–H and O–H groups in total. The molecular weight excluding hydrogens is 362 g/mol. The molecule has 0 fully saturated rings. The van der Waals surface area contributed by atoms with E-state index in [0.717, 1.165) is 5.56 Å². The molecule has 0 radical (unpaired) electrons. The molecule has 0 aliphatic heterocycles. The molecule has 0 saturated heterocycles. The lowest BCUT2D eigenvalue weighted by Gasteiger charge is -2.14. The van der Waals surface area contributed by atoms with Gasteiger partial charge in [-0.05, 0) is 36.1 Å². The summed E-state index contributed by atoms with van der Waals surface area (Å²) in [6.45, 7) is 1.43. The van der Waals surface area contributed by atoms with Gasteiger partial charge in [-0.1, -0.05) is 29.8 Å². The van der Waals surface area contributed by atoms with E-state index < -0.39 is 11.9 Å². The summed E-state index contributed by atoms with van der Waals surface area (Å²) >= 11 is 7.25. The molecule has 1 amide bonds. The first-order chi connectivity index (χ1) is 12.0. The van der Waals surface area contributed by atoms with Gasteiger partial charge in [-0.2, -0.15) is 0 Å². The lowest BCUT2D eigenvalue weighted by molar-refractivity contribution is -0.148. The molecule has 1 aromatic heterocycles. The molecule has 0 saturated carbocycles. The van der Waals surface area contributed by atoms with Gasteiger partial charge in [0.1, 0.15) is 0 Å². The molecule has 1 atom stereocenters. The zero-order valence-electron chi connectivity index (χ0n) is 13.7. The molecule has 1 heterocycles. The molecule has 5 nitrogen and oxygen atoms in total. The van der Waals surface area contributed by atoms with Gasteiger partial charge in [0.05, 0.1) is 17.3 Å². The number of carbonyl (C=O) groups is 3. The Morgan fingerprint density at radius 1 is 1.20 bits per heavy atom. The summed E-state index contributed by atoms with van der Waals surface area (Å²) in [4.78, 5) is 35.9. The van der Waals surface area contributed by atoms with Gasteiger partial charge in [-0.15, -0.1) is 11.3 Å². The number of hydrogen-bond donors (Lipinski definition) is 1. The van der Waals surface area contributed by atoms with Gasteiger partial charge in [0.15, 0.2) is 12.4 Å². The fourth-order valence-electron chi connectivity index (χ4n) is 2.14. The zero-order valence-corrected chi connectivity index (χ0v) is 15.2. The van der Waals surface area contributed by atoms with Crippen LogP contribution in [0.3, 0.4) is 0 Å². The minimum absolute atomic E-state index is 0.0478. The number of nitrogens with one attached hydrogen (secondary N) is 1. The Balaban J connectivity index is 1.70. The van der Waals surface area contributed by atoms with Gasteiger partial charge in [-0.3, -0.25) is 14.4 Å². The van der Waals surface area contributed by atoms with Gasteiger partial charge in [0, 0.05) is 11.4 Å². The predicted molar refractivity (Wildman–Crippen MR) is 96.9 cm³/mol. The molecule has 0 aliphatic rings. The average molecular weight is 380 g/mol. The van der Waals surface area contributed by atoms with Crippen molar-refractivity contribution in [2.24, 2.45) is 0 Å². The summed E-state index contributed by atoms with van der Waals surface area (Å²) < 4.78 is 4.91. The van der Waals surface area contributed by atoms with Gasteiger partial charge >= 0.3 is 5.97 Å². The van der Waals surface area contributed by atoms with Crippen LogP contribution in [0.1, 0.15) is 41.0 Å². The lowest BCUT2D eigenvalue weighted by Crippen LogP contribution is -2.31. The molecular formula is C18H18ClNO4S. The number of Topliss-reactive ketones (excluding diaryl/α,β-unsaturated/α-hetero) is 1. The maximum absolute atomic E-state index is 11.9. The highest BCUT2D eigenvalue weighted by molar-refractivity contribution is 7.12. The second kappa shape index (κ2) is 9.34. The van der Waals surface area contributed by atoms with E-state index in [1.165, 1.54) is 11.3 Å². The van der Waals surface area contributed by atoms with Crippen LogP contribution < -0.4 is 5.32 Å². The third-order valence-corrected chi connectivity index (χ3v) is 4.59. The van der Waals surface area contributed by atoms with Crippen LogP contribution in [-0.4, -0.2) is 24.3 Å². The van der Waals surface area contributed by atoms with Crippen LogP contribution >= 0.6 is 22.9 Å². The molecule has 0 unspecified atom stereocenters. The number of amides is 1. The number of esters is 1. The van der Waals surface area contributed by atoms with Crippen molar-refractivity contribution >= 4 is 40.6 Å². The average Bonchev–Trinajstić information content (AvgIpc) is 3.12. The molecule has 7 heteroatoms. The SMILES string of the molecule is C[C@H](NC(=O)COC(=O)CCC(=O)c1cccs1)c1cccc(Cl)c1. The first kappa shape index (κ1) is 19.1. The summed E-state index contributed by atoms with van der Waals surface area (Å²) in [6, 6.07) is 10.4. The Kier molecular flexibility index (Phi) is 7.16. The van der Waals surface area contributed by atoms with Gasteiger partial charge in [0.25, 0.3) is 5.91 Å². The number of ether oxygens (including phenoxy) is 1. The Labute approximate surface area is 154 Å². The van der Waals surface area contributed by atoms with Crippen molar-refractivity contribution < 1.29 is 19.1 Å². The summed E-state index contributed by atoms with van der Waals surface area (Å²) in [5, 5.41) is 5.11. The standard InChI is InChI=1S/C18H18ClNO4S/c1-12(13-4-2-5-14(19)10-13)20-17(22)11-24-18(23)8-7-15(21)16-6-3-9-25-16/h2-6,9-10,12H,7-8,11H2,1H3,(H,20,22)/t12-/m0/s1. The highest BCUT2D eigenvalue weighted by Crippen LogP contribution is 2.17. The Morgan fingerprint density at radius 2 is 2.00 bits per heavy atom. The number of rotatable bonds is 8. The number of hydrogen-bond acceptors (Lipinski definition) is 5. The van der Waals surface area contributed by atoms with Crippen molar-refractivity contribution in [3.05, 3.63) is 57.2 Å². The molecule has 2 rings (SSSR count). The smallest absolute Gasteiger partial charge is 0.306 e. The first-order valence-electron chi connectivity index (χ1n) is 7.73. The van der Waals surface area contributed by atoms with E-state index in [4.69, 9.17) is 16.3 Å². The number of benzene rings is 1. The van der Waals surface area contributed by atoms with Gasteiger partial charge < -0.3 is 10.1 Å². The largest absolute Gasteiger partial charge is 0.456 e. The summed E-state index contributed by atoms with van der Waals surface area (Å²) in [7, 11) is 0. The molecule has 0 spiro atoms. The van der Waals surface area contributed by atoms with E-state index in [2.05, 4.69) is 5.32 Å². The third kappa shape index (κ3) is 6.32. The molecule has 2 aromatic rings. The van der Waals surface area contributed by atoms with Crippen LogP contribution in [0.4, 0.5) is 0 Å². The normalized spacial score (nSPS) is 11.6. The minimum Gasteiger partial charge on any atom is -0.456 e. The fraction of sp³-hybridized carbons (Fsp3) is 0.278. The lowest BCUT2D eigenvalue weighted by atomic mass is 10.1. The minimum atomic E-state index is -0.574. The summed E-state index contributed by atoms with van der Waals surface area (Å²) in [5.74, 6) is -1.09. The maximum Gasteiger partial charge on any atom is 0.306 e. The highest BCUT2D eigenvalue weighted by Gasteiger charge is 2.14. The molecule has 132 valence electrons. The van der Waals surface area contributed by atoms with Crippen LogP contribution in [-0.2, 0) is 14.3 Å². The fourth-order valence-corrected chi connectivity index (χ4v) is 3.03. The van der Waals surface area contributed by atoms with Crippen molar-refractivity contribution in [1.29, 1.82) is 0 Å². The van der Waals surface area contributed by atoms with E-state index in [1.54, 1.807) is 35.7 Å². The van der Waals surface area contributed by atoms with Gasteiger partial charge in [-0.25, -0.2) is 0 Å². The molecule has 0 bridgehead atoms. The van der Waals surface area contributed by atoms with Crippen LogP contribution in [0, 0.1) is 0 Å². The Morgan fingerprint density at radius 3 is 2.68 bits per heavy atom. The van der Waals surface area contributed by atoms with Crippen molar-refractivity contribution in [3.63, 3.8) is 0 Å². The van der Waals surface area contributed by atoms with Crippen LogP contribution in [0.5, 0.6) is 0 Å². The van der Waals surface area contributed by atoms with Crippen molar-refractivity contribution in [2.45, 2.75) is 25.8 Å². The van der Waals surface area contributed by atoms with E-state index in [9.17, 15) is 14.4 Å². The van der Waals surface area contributed by atoms with Crippen LogP contribution in [0.2, 0.25) is 5.02 Å². The van der Waals surface area contributed by atoms with Crippen LogP contribution in [0.15, 0.2) is 41.8 Å². The number of thiophene rings is 1. The number of ketones is 1. The quantitative estimate of drug-likeness (QED) is 0.559. The molecule has 0 aliphatic carbocycles.